The maximum absolute atomic E-state index is 12.1. The SMILES string of the molecule is O=C(NC(Cc1coc2ccccc12)B(O)O)[C@H]1CCOC1. The molecule has 3 N–H and O–H groups in total. The number of rotatable bonds is 5. The second kappa shape index (κ2) is 6.52. The molecule has 1 unspecified atom stereocenters. The van der Waals surface area contributed by atoms with Gasteiger partial charge in [-0.25, -0.2) is 0 Å². The van der Waals surface area contributed by atoms with Crippen molar-refractivity contribution in [2.24, 2.45) is 5.92 Å². The summed E-state index contributed by atoms with van der Waals surface area (Å²) in [4.78, 5) is 12.1. The maximum atomic E-state index is 12.1. The summed E-state index contributed by atoms with van der Waals surface area (Å²) < 4.78 is 10.6. The standard InChI is InChI=1S/C15H18BNO5/c18-15(10-5-6-21-8-10)17-14(16(19)20)7-11-9-22-13-4-2-1-3-12(11)13/h1-4,9-10,14,19-20H,5-8H2,(H,17,18)/t10-,14?/m0/s1. The van der Waals surface area contributed by atoms with Crippen molar-refractivity contribution in [2.75, 3.05) is 13.2 Å². The van der Waals surface area contributed by atoms with E-state index in [1.807, 2.05) is 24.3 Å². The van der Waals surface area contributed by atoms with Gasteiger partial charge in [0.25, 0.3) is 0 Å². The molecule has 0 radical (unpaired) electrons. The molecule has 0 saturated carbocycles. The molecule has 1 fully saturated rings. The van der Waals surface area contributed by atoms with E-state index in [4.69, 9.17) is 9.15 Å². The lowest BCUT2D eigenvalue weighted by molar-refractivity contribution is -0.125. The molecule has 22 heavy (non-hydrogen) atoms. The number of carbonyl (C=O) groups is 1. The molecule has 116 valence electrons. The monoisotopic (exact) mass is 303 g/mol. The minimum Gasteiger partial charge on any atom is -0.464 e. The van der Waals surface area contributed by atoms with Crippen LogP contribution in [0.4, 0.5) is 0 Å². The fraction of sp³-hybridized carbons (Fsp3) is 0.400. The number of hydrogen-bond donors (Lipinski definition) is 3. The number of benzene rings is 1. The number of fused-ring (bicyclic) bond motifs is 1. The second-order valence-electron chi connectivity index (χ2n) is 5.55. The molecule has 1 amide bonds. The van der Waals surface area contributed by atoms with Gasteiger partial charge < -0.3 is 24.5 Å². The van der Waals surface area contributed by atoms with Gasteiger partial charge in [0.05, 0.1) is 24.7 Å². The number of carbonyl (C=O) groups excluding carboxylic acids is 1. The third-order valence-electron chi connectivity index (χ3n) is 3.99. The van der Waals surface area contributed by atoms with Crippen molar-refractivity contribution in [3.05, 3.63) is 36.1 Å². The number of amides is 1. The number of para-hydroxylation sites is 1. The van der Waals surface area contributed by atoms with Gasteiger partial charge in [0.2, 0.25) is 5.91 Å². The molecule has 1 aromatic carbocycles. The van der Waals surface area contributed by atoms with Gasteiger partial charge in [-0.1, -0.05) is 18.2 Å². The van der Waals surface area contributed by atoms with E-state index in [0.29, 0.717) is 19.6 Å². The molecule has 6 nitrogen and oxygen atoms in total. The zero-order valence-corrected chi connectivity index (χ0v) is 12.1. The van der Waals surface area contributed by atoms with Gasteiger partial charge >= 0.3 is 7.12 Å². The Kier molecular flexibility index (Phi) is 4.47. The van der Waals surface area contributed by atoms with Crippen LogP contribution in [0.3, 0.4) is 0 Å². The first-order valence-corrected chi connectivity index (χ1v) is 7.34. The molecule has 2 atom stereocenters. The molecule has 1 aliphatic rings. The molecule has 0 spiro atoms. The van der Waals surface area contributed by atoms with Crippen LogP contribution >= 0.6 is 0 Å². The molecule has 1 aliphatic heterocycles. The lowest BCUT2D eigenvalue weighted by Crippen LogP contribution is -2.49. The van der Waals surface area contributed by atoms with Crippen LogP contribution in [0.2, 0.25) is 0 Å². The van der Waals surface area contributed by atoms with Crippen LogP contribution in [-0.2, 0) is 16.0 Å². The first kappa shape index (κ1) is 15.1. The Bertz CT molecular complexity index is 650. The summed E-state index contributed by atoms with van der Waals surface area (Å²) in [6, 6.07) is 7.51. The summed E-state index contributed by atoms with van der Waals surface area (Å²) in [6.07, 6.45) is 2.54. The van der Waals surface area contributed by atoms with Crippen LogP contribution in [0, 0.1) is 5.92 Å². The van der Waals surface area contributed by atoms with E-state index in [9.17, 15) is 14.8 Å². The summed E-state index contributed by atoms with van der Waals surface area (Å²) in [6.45, 7) is 0.950. The number of furan rings is 1. The molecule has 2 heterocycles. The normalized spacial score (nSPS) is 19.3. The van der Waals surface area contributed by atoms with E-state index in [0.717, 1.165) is 16.5 Å². The van der Waals surface area contributed by atoms with Crippen molar-refractivity contribution >= 4 is 24.0 Å². The van der Waals surface area contributed by atoms with Crippen LogP contribution < -0.4 is 5.32 Å². The smallest absolute Gasteiger partial charge is 0.464 e. The number of nitrogens with one attached hydrogen (secondary N) is 1. The molecular formula is C15H18BNO5. The summed E-state index contributed by atoms with van der Waals surface area (Å²) >= 11 is 0. The zero-order chi connectivity index (χ0) is 15.5. The highest BCUT2D eigenvalue weighted by atomic mass is 16.5. The highest BCUT2D eigenvalue weighted by molar-refractivity contribution is 6.43. The highest BCUT2D eigenvalue weighted by Crippen LogP contribution is 2.22. The molecule has 0 bridgehead atoms. The molecular weight excluding hydrogens is 285 g/mol. The Hall–Kier alpha value is -1.83. The van der Waals surface area contributed by atoms with E-state index in [2.05, 4.69) is 5.32 Å². The van der Waals surface area contributed by atoms with E-state index in [1.54, 1.807) is 6.26 Å². The van der Waals surface area contributed by atoms with Gasteiger partial charge in [-0.05, 0) is 24.5 Å². The summed E-state index contributed by atoms with van der Waals surface area (Å²) in [5.41, 5.74) is 1.57. The maximum Gasteiger partial charge on any atom is 0.475 e. The predicted molar refractivity (Wildman–Crippen MR) is 81.0 cm³/mol. The van der Waals surface area contributed by atoms with Gasteiger partial charge in [0.1, 0.15) is 5.58 Å². The molecule has 2 aromatic rings. The molecule has 1 saturated heterocycles. The Labute approximate surface area is 128 Å². The second-order valence-corrected chi connectivity index (χ2v) is 5.55. The van der Waals surface area contributed by atoms with E-state index in [-0.39, 0.29) is 18.2 Å². The number of hydrogen-bond acceptors (Lipinski definition) is 5. The summed E-state index contributed by atoms with van der Waals surface area (Å²) in [7, 11) is -1.64. The first-order valence-electron chi connectivity index (χ1n) is 7.34. The largest absolute Gasteiger partial charge is 0.475 e. The van der Waals surface area contributed by atoms with Crippen molar-refractivity contribution in [1.29, 1.82) is 0 Å². The van der Waals surface area contributed by atoms with Crippen molar-refractivity contribution in [2.45, 2.75) is 18.8 Å². The van der Waals surface area contributed by atoms with E-state index < -0.39 is 13.1 Å². The zero-order valence-electron chi connectivity index (χ0n) is 12.1. The lowest BCUT2D eigenvalue weighted by atomic mass is 9.75. The van der Waals surface area contributed by atoms with Crippen molar-refractivity contribution in [3.8, 4) is 0 Å². The number of ether oxygens (including phenoxy) is 1. The van der Waals surface area contributed by atoms with E-state index >= 15 is 0 Å². The first-order chi connectivity index (χ1) is 10.6. The van der Waals surface area contributed by atoms with Crippen molar-refractivity contribution < 1.29 is 24.0 Å². The van der Waals surface area contributed by atoms with Crippen molar-refractivity contribution in [1.82, 2.24) is 5.32 Å². The van der Waals surface area contributed by atoms with Crippen LogP contribution in [0.15, 0.2) is 34.9 Å². The summed E-state index contributed by atoms with van der Waals surface area (Å²) in [5.74, 6) is -1.21. The van der Waals surface area contributed by atoms with Crippen LogP contribution in [0.25, 0.3) is 11.0 Å². The Morgan fingerprint density at radius 1 is 1.41 bits per heavy atom. The lowest BCUT2D eigenvalue weighted by Gasteiger charge is -2.19. The molecule has 3 rings (SSSR count). The van der Waals surface area contributed by atoms with Gasteiger partial charge in [-0.15, -0.1) is 0 Å². The summed E-state index contributed by atoms with van der Waals surface area (Å²) in [5, 5.41) is 22.7. The topological polar surface area (TPSA) is 91.9 Å². The van der Waals surface area contributed by atoms with Gasteiger partial charge in [-0.3, -0.25) is 4.79 Å². The third kappa shape index (κ3) is 3.16. The van der Waals surface area contributed by atoms with E-state index in [1.165, 1.54) is 0 Å². The van der Waals surface area contributed by atoms with Crippen LogP contribution in [0.5, 0.6) is 0 Å². The molecule has 7 heteroatoms. The quantitative estimate of drug-likeness (QED) is 0.700. The van der Waals surface area contributed by atoms with Crippen LogP contribution in [0.1, 0.15) is 12.0 Å². The fourth-order valence-electron chi connectivity index (χ4n) is 2.70. The van der Waals surface area contributed by atoms with Gasteiger partial charge in [0.15, 0.2) is 0 Å². The Morgan fingerprint density at radius 2 is 2.23 bits per heavy atom. The Morgan fingerprint density at radius 3 is 2.95 bits per heavy atom. The molecule has 0 aliphatic carbocycles. The minimum absolute atomic E-state index is 0.205. The predicted octanol–water partition coefficient (Wildman–Crippen LogP) is 0.509. The van der Waals surface area contributed by atoms with Gasteiger partial charge in [0, 0.05) is 12.0 Å². The average molecular weight is 303 g/mol. The van der Waals surface area contributed by atoms with Crippen molar-refractivity contribution in [3.63, 3.8) is 0 Å². The highest BCUT2D eigenvalue weighted by Gasteiger charge is 2.31. The van der Waals surface area contributed by atoms with Gasteiger partial charge in [-0.2, -0.15) is 0 Å². The molecule has 1 aromatic heterocycles. The minimum atomic E-state index is -1.64. The van der Waals surface area contributed by atoms with Crippen LogP contribution in [-0.4, -0.2) is 42.2 Å². The Balaban J connectivity index is 1.72. The fourth-order valence-corrected chi connectivity index (χ4v) is 2.70. The third-order valence-corrected chi connectivity index (χ3v) is 3.99. The average Bonchev–Trinajstić information content (AvgIpc) is 3.16.